The Morgan fingerprint density at radius 2 is 2.11 bits per heavy atom. The van der Waals surface area contributed by atoms with Crippen LogP contribution in [0.25, 0.3) is 0 Å². The quantitative estimate of drug-likeness (QED) is 0.769. The molecular weight excluding hydrogens is 265 g/mol. The van der Waals surface area contributed by atoms with Crippen LogP contribution in [-0.4, -0.2) is 43.5 Å². The molecule has 1 aromatic rings. The van der Waals surface area contributed by atoms with E-state index in [1.807, 2.05) is 27.7 Å². The fourth-order valence-electron chi connectivity index (χ4n) is 1.42. The SMILES string of the molecule is [2H]c1sc(OC([2H])([2H])C([2H])([2H])OC([2H])([2H])[2H])nc1B1OC(C)(C)C(C)(C)O1. The molecule has 19 heavy (non-hydrogen) atoms. The third kappa shape index (κ3) is 3.10. The Balaban J connectivity index is 2.22. The van der Waals surface area contributed by atoms with Crippen molar-refractivity contribution in [1.29, 1.82) is 0 Å². The lowest BCUT2D eigenvalue weighted by Gasteiger charge is -2.32. The first-order valence-corrected chi connectivity index (χ1v) is 6.41. The summed E-state index contributed by atoms with van der Waals surface area (Å²) >= 11 is 0.633. The number of aromatic nitrogens is 1. The second-order valence-electron chi connectivity index (χ2n) is 4.96. The van der Waals surface area contributed by atoms with Gasteiger partial charge in [-0.05, 0) is 27.7 Å². The highest BCUT2D eigenvalue weighted by molar-refractivity contribution is 7.12. The zero-order valence-electron chi connectivity index (χ0n) is 19.1. The maximum absolute atomic E-state index is 8.00. The van der Waals surface area contributed by atoms with E-state index in [-0.39, 0.29) is 16.1 Å². The van der Waals surface area contributed by atoms with Gasteiger partial charge in [-0.3, -0.25) is 0 Å². The molecule has 0 radical (unpaired) electrons. The Morgan fingerprint density at radius 1 is 1.42 bits per heavy atom. The van der Waals surface area contributed by atoms with Crippen LogP contribution in [0.2, 0.25) is 0 Å². The van der Waals surface area contributed by atoms with Gasteiger partial charge in [0.15, 0.2) is 0 Å². The van der Waals surface area contributed by atoms with Crippen LogP contribution in [0.4, 0.5) is 0 Å². The summed E-state index contributed by atoms with van der Waals surface area (Å²) in [4.78, 5) is 3.97. The van der Waals surface area contributed by atoms with E-state index in [1.54, 1.807) is 0 Å². The van der Waals surface area contributed by atoms with Crippen molar-refractivity contribution in [2.45, 2.75) is 38.9 Å². The fraction of sp³-hybridized carbons (Fsp3) is 0.750. The molecule has 1 fully saturated rings. The van der Waals surface area contributed by atoms with E-state index >= 15 is 0 Å². The highest BCUT2D eigenvalue weighted by Gasteiger charge is 2.52. The standard InChI is InChI=1S/C12H20BNO4S/c1-11(2)12(3,4)18-13(17-11)9-8-19-10(14-9)16-7-6-15-5/h8H,6-7H2,1-5H3/i5D3,6D2,7D2,8D. The maximum atomic E-state index is 8.00. The molecule has 2 rings (SSSR count). The molecule has 0 spiro atoms. The second-order valence-corrected chi connectivity index (χ2v) is 5.72. The van der Waals surface area contributed by atoms with Crippen LogP contribution >= 0.6 is 11.3 Å². The first-order valence-electron chi connectivity index (χ1n) is 9.59. The van der Waals surface area contributed by atoms with E-state index in [0.717, 1.165) is 0 Å². The molecule has 0 atom stereocenters. The summed E-state index contributed by atoms with van der Waals surface area (Å²) in [6, 6.07) is 0. The zero-order chi connectivity index (χ0) is 21.1. The van der Waals surface area contributed by atoms with Crippen LogP contribution in [-0.2, 0) is 14.0 Å². The first kappa shape index (κ1) is 7.40. The smallest absolute Gasteiger partial charge is 0.468 e. The number of nitrogens with zero attached hydrogens (tertiary/aromatic N) is 1. The summed E-state index contributed by atoms with van der Waals surface area (Å²) < 4.78 is 79.9. The van der Waals surface area contributed by atoms with Gasteiger partial charge in [-0.25, -0.2) is 4.98 Å². The van der Waals surface area contributed by atoms with Gasteiger partial charge in [0.05, 0.1) is 34.3 Å². The van der Waals surface area contributed by atoms with Crippen molar-refractivity contribution in [3.05, 3.63) is 5.36 Å². The van der Waals surface area contributed by atoms with Gasteiger partial charge in [0, 0.05) is 12.4 Å². The number of methoxy groups -OCH3 is 1. The van der Waals surface area contributed by atoms with Crippen LogP contribution in [0.5, 0.6) is 5.19 Å². The van der Waals surface area contributed by atoms with Gasteiger partial charge in [-0.1, -0.05) is 11.3 Å². The predicted molar refractivity (Wildman–Crippen MR) is 75.2 cm³/mol. The highest BCUT2D eigenvalue weighted by atomic mass is 32.1. The van der Waals surface area contributed by atoms with Crippen LogP contribution in [0.1, 0.15) is 38.7 Å². The lowest BCUT2D eigenvalue weighted by Crippen LogP contribution is -2.41. The number of hydrogen-bond acceptors (Lipinski definition) is 6. The maximum Gasteiger partial charge on any atom is 0.515 e. The van der Waals surface area contributed by atoms with Gasteiger partial charge >= 0.3 is 7.12 Å². The summed E-state index contributed by atoms with van der Waals surface area (Å²) in [7, 11) is -4.14. The summed E-state index contributed by atoms with van der Waals surface area (Å²) in [6.45, 7) is 0.800. The lowest BCUT2D eigenvalue weighted by molar-refractivity contribution is 0.00578. The predicted octanol–water partition coefficient (Wildman–Crippen LogP) is 1.47. The molecular formula is C12H20BNO4S. The van der Waals surface area contributed by atoms with Crippen molar-refractivity contribution in [3.63, 3.8) is 0 Å². The molecule has 0 unspecified atom stereocenters. The van der Waals surface area contributed by atoms with Gasteiger partial charge in [0.2, 0.25) is 0 Å². The average molecular weight is 293 g/mol. The van der Waals surface area contributed by atoms with Crippen LogP contribution < -0.4 is 10.3 Å². The molecule has 0 saturated carbocycles. The Morgan fingerprint density at radius 3 is 2.74 bits per heavy atom. The molecule has 1 aliphatic heterocycles. The van der Waals surface area contributed by atoms with Gasteiger partial charge in [-0.2, -0.15) is 0 Å². The second kappa shape index (κ2) is 5.40. The fourth-order valence-corrected chi connectivity index (χ4v) is 1.99. The van der Waals surface area contributed by atoms with Gasteiger partial charge in [0.25, 0.3) is 5.19 Å². The number of ether oxygens (including phenoxy) is 2. The normalized spacial score (nSPS) is 29.2. The van der Waals surface area contributed by atoms with E-state index in [1.165, 1.54) is 0 Å². The molecule has 0 aliphatic carbocycles. The minimum atomic E-state index is -3.30. The van der Waals surface area contributed by atoms with Crippen molar-refractivity contribution >= 4 is 24.0 Å². The first-order chi connectivity index (χ1) is 11.9. The lowest BCUT2D eigenvalue weighted by atomic mass is 9.86. The van der Waals surface area contributed by atoms with E-state index in [9.17, 15) is 0 Å². The molecule has 2 heterocycles. The Labute approximate surface area is 129 Å². The van der Waals surface area contributed by atoms with E-state index in [4.69, 9.17) is 25.0 Å². The molecule has 0 bridgehead atoms. The van der Waals surface area contributed by atoms with Gasteiger partial charge in [-0.15, -0.1) is 0 Å². The third-order valence-electron chi connectivity index (χ3n) is 3.16. The highest BCUT2D eigenvalue weighted by Crippen LogP contribution is 2.36. The minimum absolute atomic E-state index is 0.0572. The molecule has 0 aromatic carbocycles. The molecule has 1 aliphatic rings. The third-order valence-corrected chi connectivity index (χ3v) is 3.82. The summed E-state index contributed by atoms with van der Waals surface area (Å²) in [5, 5.41) is -0.496. The Hall–Kier alpha value is -0.625. The summed E-state index contributed by atoms with van der Waals surface area (Å²) in [5.74, 6) is 0. The van der Waals surface area contributed by atoms with Crippen LogP contribution in [0.3, 0.4) is 0 Å². The minimum Gasteiger partial charge on any atom is -0.468 e. The van der Waals surface area contributed by atoms with Crippen molar-refractivity contribution in [3.8, 4) is 5.19 Å². The molecule has 0 amide bonds. The van der Waals surface area contributed by atoms with Crippen molar-refractivity contribution in [2.24, 2.45) is 0 Å². The average Bonchev–Trinajstić information content (AvgIpc) is 2.83. The molecule has 5 nitrogen and oxygen atoms in total. The van der Waals surface area contributed by atoms with Crippen molar-refractivity contribution in [1.82, 2.24) is 4.98 Å². The molecule has 1 saturated heterocycles. The van der Waals surface area contributed by atoms with Crippen LogP contribution in [0.15, 0.2) is 5.36 Å². The number of hydrogen-bond donors (Lipinski definition) is 0. The number of thiazole rings is 1. The Kier molecular flexibility index (Phi) is 2.10. The van der Waals surface area contributed by atoms with Gasteiger partial charge < -0.3 is 18.8 Å². The summed E-state index contributed by atoms with van der Waals surface area (Å²) in [6.07, 6.45) is 0. The molecule has 0 N–H and O–H groups in total. The number of rotatable bonds is 5. The zero-order valence-corrected chi connectivity index (χ0v) is 11.9. The van der Waals surface area contributed by atoms with Crippen LogP contribution in [0, 0.1) is 0 Å². The van der Waals surface area contributed by atoms with Crippen molar-refractivity contribution < 1.29 is 29.7 Å². The summed E-state index contributed by atoms with van der Waals surface area (Å²) in [5.41, 5.74) is -1.29. The molecule has 106 valence electrons. The Bertz CT molecular complexity index is 692. The van der Waals surface area contributed by atoms with Gasteiger partial charge in [0.1, 0.15) is 6.56 Å². The molecule has 1 aromatic heterocycles. The van der Waals surface area contributed by atoms with E-state index < -0.39 is 38.5 Å². The monoisotopic (exact) mass is 293 g/mol. The van der Waals surface area contributed by atoms with E-state index in [0.29, 0.717) is 11.3 Å². The molecule has 7 heteroatoms. The van der Waals surface area contributed by atoms with Crippen molar-refractivity contribution in [2.75, 3.05) is 20.2 Å². The van der Waals surface area contributed by atoms with E-state index in [2.05, 4.69) is 9.72 Å². The largest absolute Gasteiger partial charge is 0.515 e. The topological polar surface area (TPSA) is 49.8 Å².